The lowest BCUT2D eigenvalue weighted by Crippen LogP contribution is -2.50. The van der Waals surface area contributed by atoms with Gasteiger partial charge in [0.15, 0.2) is 0 Å². The van der Waals surface area contributed by atoms with Gasteiger partial charge in [-0.3, -0.25) is 4.79 Å². The van der Waals surface area contributed by atoms with E-state index >= 15 is 0 Å². The van der Waals surface area contributed by atoms with Crippen molar-refractivity contribution in [3.63, 3.8) is 0 Å². The van der Waals surface area contributed by atoms with Crippen molar-refractivity contribution >= 4 is 5.91 Å². The third-order valence-electron chi connectivity index (χ3n) is 6.11. The molecule has 0 aliphatic heterocycles. The summed E-state index contributed by atoms with van der Waals surface area (Å²) in [7, 11) is 0. The Balaban J connectivity index is 1.61. The minimum absolute atomic E-state index is 0.136. The average Bonchev–Trinajstić information content (AvgIpc) is 2.33. The second-order valence-electron chi connectivity index (χ2n) is 8.25. The minimum atomic E-state index is 0.136. The van der Waals surface area contributed by atoms with E-state index in [2.05, 4.69) is 19.2 Å². The van der Waals surface area contributed by atoms with E-state index in [9.17, 15) is 4.79 Å². The Hall–Kier alpha value is -0.570. The van der Waals surface area contributed by atoms with Gasteiger partial charge < -0.3 is 11.1 Å². The molecule has 114 valence electrons. The number of hydrogen-bond acceptors (Lipinski definition) is 2. The molecule has 1 amide bonds. The van der Waals surface area contributed by atoms with Crippen molar-refractivity contribution in [3.05, 3.63) is 0 Å². The monoisotopic (exact) mass is 278 g/mol. The fourth-order valence-corrected chi connectivity index (χ4v) is 5.60. The SMILES string of the molecule is CC(C)C(CN)NC(=O)CC12CC3CC(CC(C3)C1)C2. The molecule has 1 atom stereocenters. The van der Waals surface area contributed by atoms with E-state index in [4.69, 9.17) is 5.73 Å². The van der Waals surface area contributed by atoms with Crippen LogP contribution in [-0.2, 0) is 4.79 Å². The van der Waals surface area contributed by atoms with E-state index in [1.807, 2.05) is 0 Å². The van der Waals surface area contributed by atoms with Gasteiger partial charge in [-0.1, -0.05) is 13.8 Å². The first-order valence-electron chi connectivity index (χ1n) is 8.49. The summed E-state index contributed by atoms with van der Waals surface area (Å²) in [5, 5.41) is 3.18. The van der Waals surface area contributed by atoms with Crippen molar-refractivity contribution < 1.29 is 4.79 Å². The molecular weight excluding hydrogens is 248 g/mol. The van der Waals surface area contributed by atoms with Crippen molar-refractivity contribution in [2.45, 2.75) is 64.8 Å². The van der Waals surface area contributed by atoms with Crippen LogP contribution in [0.4, 0.5) is 0 Å². The zero-order valence-electron chi connectivity index (χ0n) is 13.0. The standard InChI is InChI=1S/C17H30N2O/c1-11(2)15(10-18)19-16(20)9-17-6-12-3-13(7-17)5-14(4-12)8-17/h11-15H,3-10,18H2,1-2H3,(H,19,20). The van der Waals surface area contributed by atoms with E-state index < -0.39 is 0 Å². The Morgan fingerprint density at radius 2 is 1.65 bits per heavy atom. The normalized spacial score (nSPS) is 40.1. The Bertz CT molecular complexity index is 342. The molecular formula is C17H30N2O. The van der Waals surface area contributed by atoms with Crippen LogP contribution in [0.2, 0.25) is 0 Å². The molecule has 0 aromatic rings. The molecule has 0 heterocycles. The molecule has 20 heavy (non-hydrogen) atoms. The topological polar surface area (TPSA) is 55.1 Å². The molecule has 0 radical (unpaired) electrons. The average molecular weight is 278 g/mol. The van der Waals surface area contributed by atoms with Gasteiger partial charge in [0.25, 0.3) is 0 Å². The van der Waals surface area contributed by atoms with Gasteiger partial charge in [-0.15, -0.1) is 0 Å². The molecule has 4 aliphatic rings. The van der Waals surface area contributed by atoms with Crippen molar-refractivity contribution in [1.82, 2.24) is 5.32 Å². The van der Waals surface area contributed by atoms with Crippen LogP contribution in [0.25, 0.3) is 0 Å². The van der Waals surface area contributed by atoms with E-state index in [0.717, 1.165) is 24.2 Å². The van der Waals surface area contributed by atoms with Gasteiger partial charge in [0.1, 0.15) is 0 Å². The highest BCUT2D eigenvalue weighted by molar-refractivity contribution is 5.77. The molecule has 1 unspecified atom stereocenters. The molecule has 3 heteroatoms. The van der Waals surface area contributed by atoms with Crippen molar-refractivity contribution in [2.75, 3.05) is 6.54 Å². The number of carbonyl (C=O) groups is 1. The summed E-state index contributed by atoms with van der Waals surface area (Å²) >= 11 is 0. The molecule has 4 fully saturated rings. The maximum atomic E-state index is 12.4. The van der Waals surface area contributed by atoms with E-state index in [1.165, 1.54) is 38.5 Å². The van der Waals surface area contributed by atoms with Gasteiger partial charge in [-0.05, 0) is 67.6 Å². The van der Waals surface area contributed by atoms with Crippen molar-refractivity contribution in [1.29, 1.82) is 0 Å². The number of hydrogen-bond donors (Lipinski definition) is 2. The zero-order valence-corrected chi connectivity index (χ0v) is 13.0. The third kappa shape index (κ3) is 2.74. The highest BCUT2D eigenvalue weighted by Crippen LogP contribution is 2.61. The first-order chi connectivity index (χ1) is 9.49. The number of rotatable bonds is 5. The third-order valence-corrected chi connectivity index (χ3v) is 6.11. The summed E-state index contributed by atoms with van der Waals surface area (Å²) in [4.78, 5) is 12.4. The molecule has 3 nitrogen and oxygen atoms in total. The predicted molar refractivity (Wildman–Crippen MR) is 81.0 cm³/mol. The van der Waals surface area contributed by atoms with E-state index in [0.29, 0.717) is 17.9 Å². The molecule has 0 aromatic heterocycles. The predicted octanol–water partition coefficient (Wildman–Crippen LogP) is 2.69. The summed E-state index contributed by atoms with van der Waals surface area (Å²) in [5.41, 5.74) is 6.11. The molecule has 0 saturated heterocycles. The molecule has 0 spiro atoms. The summed E-state index contributed by atoms with van der Waals surface area (Å²) in [5.74, 6) is 3.43. The van der Waals surface area contributed by atoms with Crippen LogP contribution in [0.3, 0.4) is 0 Å². The number of amides is 1. The fraction of sp³-hybridized carbons (Fsp3) is 0.941. The highest BCUT2D eigenvalue weighted by Gasteiger charge is 2.51. The van der Waals surface area contributed by atoms with Crippen LogP contribution in [0.15, 0.2) is 0 Å². The zero-order chi connectivity index (χ0) is 14.3. The van der Waals surface area contributed by atoms with Crippen LogP contribution < -0.4 is 11.1 Å². The van der Waals surface area contributed by atoms with Crippen LogP contribution in [0, 0.1) is 29.1 Å². The molecule has 3 N–H and O–H groups in total. The Kier molecular flexibility index (Phi) is 3.83. The summed E-state index contributed by atoms with van der Waals surface area (Å²) in [6, 6.07) is 0.136. The maximum absolute atomic E-state index is 12.4. The minimum Gasteiger partial charge on any atom is -0.352 e. The van der Waals surface area contributed by atoms with Crippen molar-refractivity contribution in [2.24, 2.45) is 34.8 Å². The van der Waals surface area contributed by atoms with Crippen molar-refractivity contribution in [3.8, 4) is 0 Å². The lowest BCUT2D eigenvalue weighted by atomic mass is 9.49. The first kappa shape index (κ1) is 14.4. The Morgan fingerprint density at radius 1 is 1.15 bits per heavy atom. The molecule has 4 rings (SSSR count). The Morgan fingerprint density at radius 3 is 2.05 bits per heavy atom. The fourth-order valence-electron chi connectivity index (χ4n) is 5.60. The van der Waals surface area contributed by atoms with E-state index in [1.54, 1.807) is 0 Å². The second kappa shape index (κ2) is 5.32. The van der Waals surface area contributed by atoms with E-state index in [-0.39, 0.29) is 11.9 Å². The van der Waals surface area contributed by atoms with Gasteiger partial charge >= 0.3 is 0 Å². The molecule has 4 saturated carbocycles. The molecule has 4 aliphatic carbocycles. The highest BCUT2D eigenvalue weighted by atomic mass is 16.1. The molecule has 4 bridgehead atoms. The number of nitrogens with one attached hydrogen (secondary N) is 1. The van der Waals surface area contributed by atoms with Gasteiger partial charge in [0.2, 0.25) is 5.91 Å². The van der Waals surface area contributed by atoms with Crippen LogP contribution >= 0.6 is 0 Å². The summed E-state index contributed by atoms with van der Waals surface area (Å²) in [6.45, 7) is 4.80. The van der Waals surface area contributed by atoms with Crippen LogP contribution in [0.5, 0.6) is 0 Å². The van der Waals surface area contributed by atoms with Gasteiger partial charge in [-0.2, -0.15) is 0 Å². The number of carbonyl (C=O) groups excluding carboxylic acids is 1. The largest absolute Gasteiger partial charge is 0.352 e. The Labute approximate surface area is 123 Å². The van der Waals surface area contributed by atoms with Crippen LogP contribution in [0.1, 0.15) is 58.8 Å². The maximum Gasteiger partial charge on any atom is 0.220 e. The second-order valence-corrected chi connectivity index (χ2v) is 8.25. The lowest BCUT2D eigenvalue weighted by molar-refractivity contribution is -0.130. The quantitative estimate of drug-likeness (QED) is 0.812. The number of nitrogens with two attached hydrogens (primary N) is 1. The first-order valence-corrected chi connectivity index (χ1v) is 8.49. The van der Waals surface area contributed by atoms with Gasteiger partial charge in [-0.25, -0.2) is 0 Å². The summed E-state index contributed by atoms with van der Waals surface area (Å²) in [6.07, 6.45) is 9.00. The van der Waals surface area contributed by atoms with Crippen LogP contribution in [-0.4, -0.2) is 18.5 Å². The smallest absolute Gasteiger partial charge is 0.220 e. The molecule has 0 aromatic carbocycles. The van der Waals surface area contributed by atoms with Gasteiger partial charge in [0, 0.05) is 19.0 Å². The lowest BCUT2D eigenvalue weighted by Gasteiger charge is -2.56. The summed E-state index contributed by atoms with van der Waals surface area (Å²) < 4.78 is 0. The van der Waals surface area contributed by atoms with Gasteiger partial charge in [0.05, 0.1) is 0 Å².